The molecule has 0 aliphatic carbocycles. The molecule has 2 rings (SSSR count). The molecule has 0 aromatic carbocycles. The van der Waals surface area contributed by atoms with Gasteiger partial charge in [0.1, 0.15) is 9.84 Å². The topological polar surface area (TPSA) is 49.4 Å². The van der Waals surface area contributed by atoms with Gasteiger partial charge in [-0.05, 0) is 39.7 Å². The molecule has 1 N–H and O–H groups in total. The monoisotopic (exact) mass is 260 g/mol. The van der Waals surface area contributed by atoms with Crippen LogP contribution in [-0.4, -0.2) is 56.0 Å². The Labute approximate surface area is 105 Å². The number of nitrogens with one attached hydrogen (secondary N) is 1. The van der Waals surface area contributed by atoms with Crippen LogP contribution in [0.3, 0.4) is 0 Å². The van der Waals surface area contributed by atoms with Gasteiger partial charge >= 0.3 is 0 Å². The van der Waals surface area contributed by atoms with E-state index in [9.17, 15) is 8.42 Å². The summed E-state index contributed by atoms with van der Waals surface area (Å²) in [5.74, 6) is 0.733. The first kappa shape index (κ1) is 13.3. The van der Waals surface area contributed by atoms with Crippen LogP contribution in [0.4, 0.5) is 0 Å². The van der Waals surface area contributed by atoms with Crippen molar-refractivity contribution in [2.75, 3.05) is 24.6 Å². The lowest BCUT2D eigenvalue weighted by Gasteiger charge is -2.27. The fraction of sp³-hybridized carbons (Fsp3) is 1.00. The lowest BCUT2D eigenvalue weighted by molar-refractivity contribution is 0.264. The Balaban J connectivity index is 1.76. The molecule has 4 nitrogen and oxygen atoms in total. The van der Waals surface area contributed by atoms with Crippen molar-refractivity contribution in [3.8, 4) is 0 Å². The molecular formula is C12H24N2O2S. The normalized spacial score (nSPS) is 31.1. The Hall–Kier alpha value is -0.130. The summed E-state index contributed by atoms with van der Waals surface area (Å²) in [5.41, 5.74) is 0. The first-order valence-corrected chi connectivity index (χ1v) is 8.49. The van der Waals surface area contributed by atoms with E-state index in [1.807, 2.05) is 0 Å². The molecule has 5 heteroatoms. The average molecular weight is 260 g/mol. The summed E-state index contributed by atoms with van der Waals surface area (Å²) >= 11 is 0. The van der Waals surface area contributed by atoms with Crippen LogP contribution in [0.1, 0.15) is 33.1 Å². The second kappa shape index (κ2) is 5.24. The molecule has 0 spiro atoms. The Morgan fingerprint density at radius 2 is 1.76 bits per heavy atom. The van der Waals surface area contributed by atoms with Crippen LogP contribution >= 0.6 is 0 Å². The first-order chi connectivity index (χ1) is 7.96. The SMILES string of the molecule is CC(C)N1CCC(NC2CCS(=O)(=O)CC2)C1. The maximum absolute atomic E-state index is 11.3. The van der Waals surface area contributed by atoms with Crippen molar-refractivity contribution < 1.29 is 8.42 Å². The predicted octanol–water partition coefficient (Wildman–Crippen LogP) is 0.636. The van der Waals surface area contributed by atoms with Gasteiger partial charge in [-0.2, -0.15) is 0 Å². The third kappa shape index (κ3) is 3.66. The molecule has 0 aromatic rings. The number of sulfone groups is 1. The van der Waals surface area contributed by atoms with Gasteiger partial charge in [0, 0.05) is 24.7 Å². The summed E-state index contributed by atoms with van der Waals surface area (Å²) in [6.45, 7) is 6.74. The van der Waals surface area contributed by atoms with Crippen LogP contribution in [0.25, 0.3) is 0 Å². The van der Waals surface area contributed by atoms with Gasteiger partial charge in [-0.15, -0.1) is 0 Å². The molecule has 2 fully saturated rings. The first-order valence-electron chi connectivity index (χ1n) is 6.67. The van der Waals surface area contributed by atoms with Gasteiger partial charge in [0.25, 0.3) is 0 Å². The molecule has 2 aliphatic rings. The summed E-state index contributed by atoms with van der Waals surface area (Å²) in [5, 5.41) is 3.63. The van der Waals surface area contributed by atoms with E-state index < -0.39 is 9.84 Å². The third-order valence-corrected chi connectivity index (χ3v) is 5.69. The number of hydrogen-bond acceptors (Lipinski definition) is 4. The van der Waals surface area contributed by atoms with Crippen molar-refractivity contribution in [1.29, 1.82) is 0 Å². The molecule has 0 bridgehead atoms. The Bertz CT molecular complexity index is 340. The highest BCUT2D eigenvalue weighted by molar-refractivity contribution is 7.91. The van der Waals surface area contributed by atoms with E-state index in [4.69, 9.17) is 0 Å². The second-order valence-corrected chi connectivity index (χ2v) is 7.97. The molecule has 1 atom stereocenters. The van der Waals surface area contributed by atoms with Crippen molar-refractivity contribution in [3.63, 3.8) is 0 Å². The maximum atomic E-state index is 11.3. The number of hydrogen-bond donors (Lipinski definition) is 1. The molecule has 2 aliphatic heterocycles. The number of likely N-dealkylation sites (tertiary alicyclic amines) is 1. The molecular weight excluding hydrogens is 236 g/mol. The summed E-state index contributed by atoms with van der Waals surface area (Å²) in [6.07, 6.45) is 2.78. The van der Waals surface area contributed by atoms with Crippen LogP contribution in [-0.2, 0) is 9.84 Å². The zero-order valence-electron chi connectivity index (χ0n) is 10.9. The van der Waals surface area contributed by atoms with Crippen LogP contribution in [0.5, 0.6) is 0 Å². The molecule has 2 saturated heterocycles. The van der Waals surface area contributed by atoms with Gasteiger partial charge < -0.3 is 5.32 Å². The van der Waals surface area contributed by atoms with Crippen molar-refractivity contribution in [2.24, 2.45) is 0 Å². The van der Waals surface area contributed by atoms with E-state index in [0.717, 1.165) is 19.4 Å². The fourth-order valence-electron chi connectivity index (χ4n) is 2.78. The van der Waals surface area contributed by atoms with Crippen LogP contribution in [0.15, 0.2) is 0 Å². The van der Waals surface area contributed by atoms with Gasteiger partial charge in [0.2, 0.25) is 0 Å². The molecule has 2 heterocycles. The highest BCUT2D eigenvalue weighted by Crippen LogP contribution is 2.17. The molecule has 0 aromatic heterocycles. The average Bonchev–Trinajstić information content (AvgIpc) is 2.70. The van der Waals surface area contributed by atoms with Crippen molar-refractivity contribution in [2.45, 2.75) is 51.2 Å². The second-order valence-electron chi connectivity index (χ2n) is 5.67. The Kier molecular flexibility index (Phi) is 4.10. The fourth-order valence-corrected chi connectivity index (χ4v) is 4.27. The molecule has 0 saturated carbocycles. The van der Waals surface area contributed by atoms with Gasteiger partial charge in [-0.3, -0.25) is 4.90 Å². The van der Waals surface area contributed by atoms with Gasteiger partial charge in [0.05, 0.1) is 11.5 Å². The highest BCUT2D eigenvalue weighted by atomic mass is 32.2. The molecule has 1 unspecified atom stereocenters. The number of rotatable bonds is 3. The lowest BCUT2D eigenvalue weighted by atomic mass is 10.1. The number of nitrogens with zero attached hydrogens (tertiary/aromatic N) is 1. The van der Waals surface area contributed by atoms with Crippen LogP contribution < -0.4 is 5.32 Å². The van der Waals surface area contributed by atoms with E-state index in [0.29, 0.717) is 29.6 Å². The van der Waals surface area contributed by atoms with E-state index in [1.54, 1.807) is 0 Å². The summed E-state index contributed by atoms with van der Waals surface area (Å²) in [6, 6.07) is 1.59. The molecule has 100 valence electrons. The zero-order valence-corrected chi connectivity index (χ0v) is 11.7. The minimum absolute atomic E-state index is 0.366. The Morgan fingerprint density at radius 1 is 1.12 bits per heavy atom. The van der Waals surface area contributed by atoms with Crippen molar-refractivity contribution >= 4 is 9.84 Å². The molecule has 0 radical (unpaired) electrons. The van der Waals surface area contributed by atoms with Gasteiger partial charge in [-0.25, -0.2) is 8.42 Å². The van der Waals surface area contributed by atoms with Gasteiger partial charge in [-0.1, -0.05) is 0 Å². The smallest absolute Gasteiger partial charge is 0.150 e. The molecule has 0 amide bonds. The standard InChI is InChI=1S/C12H24N2O2S/c1-10(2)14-6-3-12(9-14)13-11-4-7-17(15,16)8-5-11/h10-13H,3-9H2,1-2H3. The quantitative estimate of drug-likeness (QED) is 0.809. The molecule has 17 heavy (non-hydrogen) atoms. The summed E-state index contributed by atoms with van der Waals surface area (Å²) < 4.78 is 22.7. The van der Waals surface area contributed by atoms with Crippen molar-refractivity contribution in [1.82, 2.24) is 10.2 Å². The summed E-state index contributed by atoms with van der Waals surface area (Å²) in [7, 11) is -2.72. The van der Waals surface area contributed by atoms with E-state index in [-0.39, 0.29) is 0 Å². The zero-order chi connectivity index (χ0) is 12.5. The minimum atomic E-state index is -2.72. The minimum Gasteiger partial charge on any atom is -0.310 e. The van der Waals surface area contributed by atoms with Crippen LogP contribution in [0.2, 0.25) is 0 Å². The van der Waals surface area contributed by atoms with Crippen LogP contribution in [0, 0.1) is 0 Å². The Morgan fingerprint density at radius 3 is 2.29 bits per heavy atom. The summed E-state index contributed by atoms with van der Waals surface area (Å²) in [4.78, 5) is 2.48. The van der Waals surface area contributed by atoms with E-state index >= 15 is 0 Å². The maximum Gasteiger partial charge on any atom is 0.150 e. The van der Waals surface area contributed by atoms with E-state index in [2.05, 4.69) is 24.1 Å². The largest absolute Gasteiger partial charge is 0.310 e. The third-order valence-electron chi connectivity index (χ3n) is 3.98. The lowest BCUT2D eigenvalue weighted by Crippen LogP contribution is -2.44. The van der Waals surface area contributed by atoms with Crippen molar-refractivity contribution in [3.05, 3.63) is 0 Å². The van der Waals surface area contributed by atoms with E-state index in [1.165, 1.54) is 13.0 Å². The predicted molar refractivity (Wildman–Crippen MR) is 69.9 cm³/mol. The van der Waals surface area contributed by atoms with Gasteiger partial charge in [0.15, 0.2) is 0 Å². The highest BCUT2D eigenvalue weighted by Gasteiger charge is 2.29.